The average molecular weight is 466 g/mol. The van der Waals surface area contributed by atoms with Crippen LogP contribution < -0.4 is 15.2 Å². The minimum atomic E-state index is -0.704. The zero-order valence-electron chi connectivity index (χ0n) is 16.9. The standard InChI is InChI=1S/C22H25Cl2N3O4/c23-14-4-3-5-15(24)20(14)21(22(25)29)27-10-8-26(9-11-27)12-16(28)19-13-30-17-6-1-2-7-18(17)31-19/h1-7,16,19,21,28H,8-13H2,(H2,25,29). The van der Waals surface area contributed by atoms with Crippen LogP contribution in [0.2, 0.25) is 10.0 Å². The molecule has 0 saturated carbocycles. The Balaban J connectivity index is 1.35. The SMILES string of the molecule is NC(=O)C(c1c(Cl)cccc1Cl)N1CCN(CC(O)C2COc3ccccc3O2)CC1. The number of β-amino-alcohol motifs (C(OH)–C–C–N with tert-alkyl or cyclic N) is 1. The predicted molar refractivity (Wildman–Crippen MR) is 119 cm³/mol. The maximum Gasteiger partial charge on any atom is 0.239 e. The van der Waals surface area contributed by atoms with Crippen LogP contribution in [-0.4, -0.2) is 72.4 Å². The third-order valence-corrected chi connectivity index (χ3v) is 6.38. The van der Waals surface area contributed by atoms with Gasteiger partial charge in [0.1, 0.15) is 18.8 Å². The minimum absolute atomic E-state index is 0.299. The number of piperazine rings is 1. The number of nitrogens with two attached hydrogens (primary N) is 1. The fraction of sp³-hybridized carbons (Fsp3) is 0.409. The molecule has 31 heavy (non-hydrogen) atoms. The molecule has 2 heterocycles. The zero-order valence-corrected chi connectivity index (χ0v) is 18.4. The van der Waals surface area contributed by atoms with Crippen LogP contribution in [0.1, 0.15) is 11.6 Å². The molecule has 7 nitrogen and oxygen atoms in total. The van der Waals surface area contributed by atoms with Crippen molar-refractivity contribution in [2.45, 2.75) is 18.2 Å². The fourth-order valence-electron chi connectivity index (χ4n) is 4.09. The molecule has 0 bridgehead atoms. The summed E-state index contributed by atoms with van der Waals surface area (Å²) in [5.74, 6) is 0.841. The van der Waals surface area contributed by atoms with Gasteiger partial charge in [0.15, 0.2) is 17.6 Å². The van der Waals surface area contributed by atoms with Crippen molar-refractivity contribution >= 4 is 29.1 Å². The summed E-state index contributed by atoms with van der Waals surface area (Å²) in [5, 5.41) is 11.5. The summed E-state index contributed by atoms with van der Waals surface area (Å²) >= 11 is 12.6. The highest BCUT2D eigenvalue weighted by molar-refractivity contribution is 6.36. The molecule has 3 atom stereocenters. The van der Waals surface area contributed by atoms with Gasteiger partial charge in [-0.05, 0) is 24.3 Å². The van der Waals surface area contributed by atoms with Crippen LogP contribution in [0, 0.1) is 0 Å². The van der Waals surface area contributed by atoms with Gasteiger partial charge in [0.2, 0.25) is 5.91 Å². The van der Waals surface area contributed by atoms with Crippen LogP contribution in [0.5, 0.6) is 11.5 Å². The van der Waals surface area contributed by atoms with Gasteiger partial charge >= 0.3 is 0 Å². The van der Waals surface area contributed by atoms with Gasteiger partial charge in [-0.1, -0.05) is 41.4 Å². The van der Waals surface area contributed by atoms with Gasteiger partial charge in [-0.3, -0.25) is 14.6 Å². The molecule has 166 valence electrons. The number of carbonyl (C=O) groups excluding carboxylic acids is 1. The normalized spacial score (nSPS) is 21.5. The number of fused-ring (bicyclic) bond motifs is 1. The number of halogens is 2. The van der Waals surface area contributed by atoms with E-state index >= 15 is 0 Å². The Morgan fingerprint density at radius 1 is 1.06 bits per heavy atom. The van der Waals surface area contributed by atoms with Crippen LogP contribution in [0.4, 0.5) is 0 Å². The molecule has 9 heteroatoms. The molecule has 0 aromatic heterocycles. The van der Waals surface area contributed by atoms with Crippen molar-refractivity contribution in [3.05, 3.63) is 58.1 Å². The molecular weight excluding hydrogens is 441 g/mol. The maximum absolute atomic E-state index is 12.2. The summed E-state index contributed by atoms with van der Waals surface area (Å²) in [6.45, 7) is 3.24. The number of rotatable bonds is 6. The van der Waals surface area contributed by atoms with Gasteiger partial charge < -0.3 is 20.3 Å². The Labute approximate surface area is 191 Å². The highest BCUT2D eigenvalue weighted by atomic mass is 35.5. The largest absolute Gasteiger partial charge is 0.486 e. The number of aliphatic hydroxyl groups is 1. The van der Waals surface area contributed by atoms with Crippen molar-refractivity contribution in [1.82, 2.24) is 9.80 Å². The molecule has 1 saturated heterocycles. The monoisotopic (exact) mass is 465 g/mol. The summed E-state index contributed by atoms with van der Waals surface area (Å²) in [6, 6.07) is 11.9. The molecule has 1 fully saturated rings. The second-order valence-electron chi connectivity index (χ2n) is 7.76. The van der Waals surface area contributed by atoms with Crippen LogP contribution in [0.15, 0.2) is 42.5 Å². The summed E-state index contributed by atoms with van der Waals surface area (Å²) in [7, 11) is 0. The van der Waals surface area contributed by atoms with E-state index in [4.69, 9.17) is 38.4 Å². The molecule has 0 aliphatic carbocycles. The predicted octanol–water partition coefficient (Wildman–Crippen LogP) is 2.34. The van der Waals surface area contributed by atoms with E-state index in [-0.39, 0.29) is 0 Å². The van der Waals surface area contributed by atoms with Gasteiger partial charge in [0.05, 0.1) is 0 Å². The van der Waals surface area contributed by atoms with E-state index in [1.807, 2.05) is 29.2 Å². The van der Waals surface area contributed by atoms with E-state index in [1.54, 1.807) is 18.2 Å². The van der Waals surface area contributed by atoms with Crippen molar-refractivity contribution in [2.24, 2.45) is 5.73 Å². The summed E-state index contributed by atoms with van der Waals surface area (Å²) in [6.07, 6.45) is -1.14. The third-order valence-electron chi connectivity index (χ3n) is 5.72. The van der Waals surface area contributed by atoms with Gasteiger partial charge in [-0.25, -0.2) is 0 Å². The molecule has 2 aromatic rings. The number of hydrogen-bond acceptors (Lipinski definition) is 6. The van der Waals surface area contributed by atoms with E-state index in [9.17, 15) is 9.90 Å². The summed E-state index contributed by atoms with van der Waals surface area (Å²) in [4.78, 5) is 16.4. The summed E-state index contributed by atoms with van der Waals surface area (Å²) in [5.41, 5.74) is 6.25. The van der Waals surface area contributed by atoms with Crippen molar-refractivity contribution < 1.29 is 19.4 Å². The number of aliphatic hydroxyl groups excluding tert-OH is 1. The Kier molecular flexibility index (Phi) is 6.89. The van der Waals surface area contributed by atoms with Crippen LogP contribution in [0.3, 0.4) is 0 Å². The van der Waals surface area contributed by atoms with Gasteiger partial charge in [0.25, 0.3) is 0 Å². The Hall–Kier alpha value is -2.03. The lowest BCUT2D eigenvalue weighted by atomic mass is 10.0. The van der Waals surface area contributed by atoms with Crippen molar-refractivity contribution in [2.75, 3.05) is 39.3 Å². The lowest BCUT2D eigenvalue weighted by Crippen LogP contribution is -2.54. The smallest absolute Gasteiger partial charge is 0.239 e. The highest BCUT2D eigenvalue weighted by Crippen LogP contribution is 2.34. The number of primary amides is 1. The van der Waals surface area contributed by atoms with Crippen molar-refractivity contribution in [3.8, 4) is 11.5 Å². The first-order valence-corrected chi connectivity index (χ1v) is 11.0. The lowest BCUT2D eigenvalue weighted by Gasteiger charge is -2.40. The van der Waals surface area contributed by atoms with Crippen molar-refractivity contribution in [1.29, 1.82) is 0 Å². The number of amides is 1. The topological polar surface area (TPSA) is 88.3 Å². The number of benzene rings is 2. The van der Waals surface area contributed by atoms with Crippen molar-refractivity contribution in [3.63, 3.8) is 0 Å². The van der Waals surface area contributed by atoms with E-state index in [1.165, 1.54) is 0 Å². The van der Waals surface area contributed by atoms with Gasteiger partial charge in [-0.2, -0.15) is 0 Å². The second kappa shape index (κ2) is 9.63. The van der Waals surface area contributed by atoms with Gasteiger partial charge in [-0.15, -0.1) is 0 Å². The number of ether oxygens (including phenoxy) is 2. The van der Waals surface area contributed by atoms with Crippen LogP contribution >= 0.6 is 23.2 Å². The van der Waals surface area contributed by atoms with Gasteiger partial charge in [0, 0.05) is 48.3 Å². The number of nitrogens with zero attached hydrogens (tertiary/aromatic N) is 2. The molecular formula is C22H25Cl2N3O4. The van der Waals surface area contributed by atoms with Crippen LogP contribution in [0.25, 0.3) is 0 Å². The Morgan fingerprint density at radius 2 is 1.71 bits per heavy atom. The Bertz CT molecular complexity index is 916. The first-order valence-electron chi connectivity index (χ1n) is 10.2. The number of carbonyl (C=O) groups is 1. The quantitative estimate of drug-likeness (QED) is 0.680. The number of para-hydroxylation sites is 2. The average Bonchev–Trinajstić information content (AvgIpc) is 2.76. The summed E-state index contributed by atoms with van der Waals surface area (Å²) < 4.78 is 11.6. The molecule has 1 amide bonds. The molecule has 3 N–H and O–H groups in total. The highest BCUT2D eigenvalue weighted by Gasteiger charge is 2.34. The van der Waals surface area contributed by atoms with Crippen LogP contribution in [-0.2, 0) is 4.79 Å². The zero-order chi connectivity index (χ0) is 22.0. The molecule has 0 spiro atoms. The number of hydrogen-bond donors (Lipinski definition) is 2. The molecule has 4 rings (SSSR count). The molecule has 2 aliphatic rings. The van der Waals surface area contributed by atoms with E-state index in [0.29, 0.717) is 66.4 Å². The fourth-order valence-corrected chi connectivity index (χ4v) is 4.69. The third kappa shape index (κ3) is 4.91. The van der Waals surface area contributed by atoms with E-state index < -0.39 is 24.2 Å². The second-order valence-corrected chi connectivity index (χ2v) is 8.57. The maximum atomic E-state index is 12.2. The molecule has 0 radical (unpaired) electrons. The molecule has 3 unspecified atom stereocenters. The minimum Gasteiger partial charge on any atom is -0.486 e. The molecule has 2 aliphatic heterocycles. The molecule has 2 aromatic carbocycles. The van der Waals surface area contributed by atoms with E-state index in [2.05, 4.69) is 4.90 Å². The lowest BCUT2D eigenvalue weighted by molar-refractivity contribution is -0.124. The first-order chi connectivity index (χ1) is 14.9. The first kappa shape index (κ1) is 22.2. The van der Waals surface area contributed by atoms with E-state index in [0.717, 1.165) is 0 Å². The Morgan fingerprint density at radius 3 is 2.35 bits per heavy atom.